The number of rotatable bonds is 4. The predicted molar refractivity (Wildman–Crippen MR) is 107 cm³/mol. The van der Waals surface area contributed by atoms with E-state index >= 15 is 0 Å². The average Bonchev–Trinajstić information content (AvgIpc) is 3.45. The van der Waals surface area contributed by atoms with Gasteiger partial charge in [0.05, 0.1) is 5.39 Å². The third-order valence-corrected chi connectivity index (χ3v) is 6.00. The van der Waals surface area contributed by atoms with E-state index in [1.165, 1.54) is 0 Å². The zero-order valence-electron chi connectivity index (χ0n) is 16.5. The van der Waals surface area contributed by atoms with Crippen LogP contribution < -0.4 is 5.56 Å². The van der Waals surface area contributed by atoms with E-state index in [-0.39, 0.29) is 29.0 Å². The molecular weight excluding hydrogens is 386 g/mol. The first-order valence-corrected chi connectivity index (χ1v) is 10.4. The van der Waals surface area contributed by atoms with Crippen LogP contribution in [0.2, 0.25) is 0 Å². The number of nitrogens with zero attached hydrogens (tertiary/aromatic N) is 4. The molecule has 2 fully saturated rings. The molecule has 156 valence electrons. The van der Waals surface area contributed by atoms with Crippen LogP contribution in [0.5, 0.6) is 0 Å². The van der Waals surface area contributed by atoms with Crippen molar-refractivity contribution in [3.05, 3.63) is 52.0 Å². The maximum Gasteiger partial charge on any atom is 0.274 e. The van der Waals surface area contributed by atoms with E-state index < -0.39 is 0 Å². The van der Waals surface area contributed by atoms with Gasteiger partial charge in [-0.15, -0.1) is 0 Å². The molecule has 0 aliphatic carbocycles. The van der Waals surface area contributed by atoms with Gasteiger partial charge in [0.1, 0.15) is 0 Å². The van der Waals surface area contributed by atoms with Crippen LogP contribution >= 0.6 is 0 Å². The number of aromatic amines is 1. The minimum absolute atomic E-state index is 0.166. The lowest BCUT2D eigenvalue weighted by Gasteiger charge is -2.18. The molecular formula is C21H23N5O4. The van der Waals surface area contributed by atoms with Gasteiger partial charge in [-0.1, -0.05) is 23.4 Å². The Balaban J connectivity index is 1.26. The number of ether oxygens (including phenoxy) is 1. The van der Waals surface area contributed by atoms with Crippen LogP contribution in [0.3, 0.4) is 0 Å². The Bertz CT molecular complexity index is 1120. The topological polar surface area (TPSA) is 114 Å². The van der Waals surface area contributed by atoms with Gasteiger partial charge in [0, 0.05) is 44.0 Å². The number of fused-ring (bicyclic) bond motifs is 1. The summed E-state index contributed by atoms with van der Waals surface area (Å²) in [5.41, 5.74) is -0.00824. The molecule has 1 N–H and O–H groups in total. The molecule has 30 heavy (non-hydrogen) atoms. The van der Waals surface area contributed by atoms with Gasteiger partial charge in [0.25, 0.3) is 11.5 Å². The monoisotopic (exact) mass is 409 g/mol. The molecule has 0 radical (unpaired) electrons. The van der Waals surface area contributed by atoms with Crippen LogP contribution in [0.25, 0.3) is 10.8 Å². The molecule has 2 saturated heterocycles. The van der Waals surface area contributed by atoms with E-state index in [1.54, 1.807) is 29.2 Å². The Hall–Kier alpha value is -3.07. The van der Waals surface area contributed by atoms with Crippen molar-refractivity contribution in [2.75, 3.05) is 26.3 Å². The van der Waals surface area contributed by atoms with E-state index in [1.807, 2.05) is 0 Å². The van der Waals surface area contributed by atoms with Gasteiger partial charge in [0.15, 0.2) is 11.5 Å². The first kappa shape index (κ1) is 18.9. The molecule has 2 aliphatic heterocycles. The Morgan fingerprint density at radius 3 is 2.80 bits per heavy atom. The lowest BCUT2D eigenvalue weighted by molar-refractivity contribution is 0.0777. The highest BCUT2D eigenvalue weighted by Gasteiger charge is 2.30. The molecule has 9 nitrogen and oxygen atoms in total. The van der Waals surface area contributed by atoms with Crippen LogP contribution in [0.1, 0.15) is 47.4 Å². The summed E-state index contributed by atoms with van der Waals surface area (Å²) in [6.07, 6.45) is 3.37. The Kier molecular flexibility index (Phi) is 5.04. The summed E-state index contributed by atoms with van der Waals surface area (Å²) in [5.74, 6) is 1.77. The maximum absolute atomic E-state index is 13.1. The number of carbonyl (C=O) groups excluding carboxylic acids is 1. The molecule has 1 atom stereocenters. The van der Waals surface area contributed by atoms with Crippen molar-refractivity contribution >= 4 is 16.7 Å². The maximum atomic E-state index is 13.1. The van der Waals surface area contributed by atoms with Crippen LogP contribution in [0.4, 0.5) is 0 Å². The summed E-state index contributed by atoms with van der Waals surface area (Å²) in [6, 6.07) is 7.04. The molecule has 1 aromatic carbocycles. The summed E-state index contributed by atoms with van der Waals surface area (Å²) < 4.78 is 10.9. The van der Waals surface area contributed by atoms with Crippen molar-refractivity contribution in [2.24, 2.45) is 5.92 Å². The van der Waals surface area contributed by atoms with E-state index in [4.69, 9.17) is 9.26 Å². The highest BCUT2D eigenvalue weighted by atomic mass is 16.5. The first-order valence-electron chi connectivity index (χ1n) is 10.4. The minimum Gasteiger partial charge on any atom is -0.381 e. The number of hydrogen-bond donors (Lipinski definition) is 1. The molecule has 0 saturated carbocycles. The molecule has 3 aromatic rings. The molecule has 2 aliphatic rings. The summed E-state index contributed by atoms with van der Waals surface area (Å²) in [5, 5.41) is 11.7. The molecule has 2 aromatic heterocycles. The lowest BCUT2D eigenvalue weighted by atomic mass is 10.0. The van der Waals surface area contributed by atoms with Crippen molar-refractivity contribution < 1.29 is 14.1 Å². The quantitative estimate of drug-likeness (QED) is 0.700. The van der Waals surface area contributed by atoms with Crippen molar-refractivity contribution in [3.63, 3.8) is 0 Å². The van der Waals surface area contributed by atoms with Crippen LogP contribution in [0, 0.1) is 5.92 Å². The van der Waals surface area contributed by atoms with Gasteiger partial charge in [-0.3, -0.25) is 9.59 Å². The first-order chi connectivity index (χ1) is 14.7. The number of H-pyrrole nitrogens is 1. The normalized spacial score (nSPS) is 20.1. The van der Waals surface area contributed by atoms with E-state index in [0.717, 1.165) is 32.5 Å². The van der Waals surface area contributed by atoms with Gasteiger partial charge in [0.2, 0.25) is 5.89 Å². The van der Waals surface area contributed by atoms with Crippen LogP contribution in [-0.4, -0.2) is 57.4 Å². The Labute approximate surface area is 172 Å². The zero-order chi connectivity index (χ0) is 20.5. The van der Waals surface area contributed by atoms with Crippen LogP contribution in [-0.2, 0) is 11.2 Å². The number of amides is 1. The van der Waals surface area contributed by atoms with Crippen molar-refractivity contribution in [3.8, 4) is 0 Å². The second-order valence-electron chi connectivity index (χ2n) is 7.99. The summed E-state index contributed by atoms with van der Waals surface area (Å²) in [7, 11) is 0. The van der Waals surface area contributed by atoms with E-state index in [0.29, 0.717) is 42.0 Å². The fourth-order valence-corrected chi connectivity index (χ4v) is 4.33. The average molecular weight is 409 g/mol. The molecule has 1 unspecified atom stereocenters. The molecule has 9 heteroatoms. The second kappa shape index (κ2) is 7.98. The van der Waals surface area contributed by atoms with Gasteiger partial charge in [-0.2, -0.15) is 10.1 Å². The molecule has 5 rings (SSSR count). The number of benzene rings is 1. The minimum atomic E-state index is -0.293. The Morgan fingerprint density at radius 1 is 1.17 bits per heavy atom. The zero-order valence-corrected chi connectivity index (χ0v) is 16.5. The van der Waals surface area contributed by atoms with Gasteiger partial charge < -0.3 is 14.2 Å². The predicted octanol–water partition coefficient (Wildman–Crippen LogP) is 1.90. The van der Waals surface area contributed by atoms with Gasteiger partial charge in [-0.25, -0.2) is 5.10 Å². The summed E-state index contributed by atoms with van der Waals surface area (Å²) >= 11 is 0. The van der Waals surface area contributed by atoms with Crippen molar-refractivity contribution in [1.82, 2.24) is 25.2 Å². The fraction of sp³-hybridized carbons (Fsp3) is 0.476. The largest absolute Gasteiger partial charge is 0.381 e. The lowest BCUT2D eigenvalue weighted by Crippen LogP contribution is -2.31. The third kappa shape index (κ3) is 3.60. The standard InChI is InChI=1S/C21H23N5O4/c27-19-16-4-2-1-3-15(16)18(23-24-19)21(28)26-8-5-13(12-26)11-17-22-20(30-25-17)14-6-9-29-10-7-14/h1-4,13-14H,5-12H2,(H,24,27). The molecule has 0 spiro atoms. The number of hydrogen-bond acceptors (Lipinski definition) is 7. The van der Waals surface area contributed by atoms with Gasteiger partial charge in [-0.05, 0) is 31.2 Å². The summed E-state index contributed by atoms with van der Waals surface area (Å²) in [4.78, 5) is 31.4. The second-order valence-corrected chi connectivity index (χ2v) is 7.99. The summed E-state index contributed by atoms with van der Waals surface area (Å²) in [6.45, 7) is 2.71. The highest BCUT2D eigenvalue weighted by molar-refractivity contribution is 6.04. The van der Waals surface area contributed by atoms with Gasteiger partial charge >= 0.3 is 0 Å². The number of aromatic nitrogens is 4. The van der Waals surface area contributed by atoms with Crippen LogP contribution in [0.15, 0.2) is 33.6 Å². The number of nitrogens with one attached hydrogen (secondary N) is 1. The highest BCUT2D eigenvalue weighted by Crippen LogP contribution is 2.27. The van der Waals surface area contributed by atoms with E-state index in [2.05, 4.69) is 20.3 Å². The van der Waals surface area contributed by atoms with Crippen molar-refractivity contribution in [2.45, 2.75) is 31.6 Å². The Morgan fingerprint density at radius 2 is 1.97 bits per heavy atom. The molecule has 0 bridgehead atoms. The number of carbonyl (C=O) groups is 1. The van der Waals surface area contributed by atoms with Crippen molar-refractivity contribution in [1.29, 1.82) is 0 Å². The third-order valence-electron chi connectivity index (χ3n) is 6.00. The SMILES string of the molecule is O=C(c1n[nH]c(=O)c2ccccc12)N1CCC(Cc2noc(C3CCOCC3)n2)C1. The van der Waals surface area contributed by atoms with E-state index in [9.17, 15) is 9.59 Å². The fourth-order valence-electron chi connectivity index (χ4n) is 4.33. The smallest absolute Gasteiger partial charge is 0.274 e. The molecule has 1 amide bonds. The molecule has 4 heterocycles. The number of likely N-dealkylation sites (tertiary alicyclic amines) is 1.